The van der Waals surface area contributed by atoms with Crippen LogP contribution in [0.3, 0.4) is 0 Å². The third kappa shape index (κ3) is 5.11. The second kappa shape index (κ2) is 9.17. The van der Waals surface area contributed by atoms with Crippen LogP contribution in [0.1, 0.15) is 31.1 Å². The van der Waals surface area contributed by atoms with Crippen LogP contribution in [-0.2, 0) is 14.3 Å². The fourth-order valence-electron chi connectivity index (χ4n) is 2.60. The number of fused-ring (bicyclic) bond motifs is 1. The first-order valence-corrected chi connectivity index (χ1v) is 10.5. The van der Waals surface area contributed by atoms with Gasteiger partial charge < -0.3 is 10.1 Å². The van der Waals surface area contributed by atoms with E-state index in [2.05, 4.69) is 10.3 Å². The maximum Gasteiger partial charge on any atom is 0.331 e. The van der Waals surface area contributed by atoms with Crippen LogP contribution >= 0.6 is 46.1 Å². The topological polar surface area (TPSA) is 72.7 Å². The summed E-state index contributed by atoms with van der Waals surface area (Å²) < 4.78 is 6.92. The highest BCUT2D eigenvalue weighted by atomic mass is 35.5. The summed E-state index contributed by atoms with van der Waals surface area (Å²) in [5.41, 5.74) is 1.26. The SMILES string of the molecule is C[C@H](OC(=O)/C=C/c1c(Cl)nc2sccn12)C(=O)N[C@H](C)c1ccc(Cl)cc1Cl. The quantitative estimate of drug-likeness (QED) is 0.396. The van der Waals surface area contributed by atoms with Gasteiger partial charge >= 0.3 is 5.97 Å². The van der Waals surface area contributed by atoms with Crippen molar-refractivity contribution in [1.82, 2.24) is 14.7 Å². The lowest BCUT2D eigenvalue weighted by molar-refractivity contribution is -0.150. The van der Waals surface area contributed by atoms with Crippen molar-refractivity contribution in [3.63, 3.8) is 0 Å². The van der Waals surface area contributed by atoms with Gasteiger partial charge in [-0.1, -0.05) is 40.9 Å². The smallest absolute Gasteiger partial charge is 0.331 e. The molecule has 152 valence electrons. The second-order valence-corrected chi connectivity index (χ2v) is 8.23. The average Bonchev–Trinajstić information content (AvgIpc) is 3.20. The fraction of sp³-hybridized carbons (Fsp3) is 0.211. The molecule has 0 radical (unpaired) electrons. The van der Waals surface area contributed by atoms with Crippen LogP contribution < -0.4 is 5.32 Å². The predicted molar refractivity (Wildman–Crippen MR) is 116 cm³/mol. The number of ether oxygens (including phenoxy) is 1. The summed E-state index contributed by atoms with van der Waals surface area (Å²) in [4.78, 5) is 29.3. The van der Waals surface area contributed by atoms with E-state index < -0.39 is 18.0 Å². The Morgan fingerprint density at radius 1 is 1.28 bits per heavy atom. The van der Waals surface area contributed by atoms with Crippen molar-refractivity contribution in [3.8, 4) is 0 Å². The maximum atomic E-state index is 12.4. The van der Waals surface area contributed by atoms with Crippen molar-refractivity contribution >= 4 is 69.1 Å². The van der Waals surface area contributed by atoms with E-state index in [4.69, 9.17) is 39.5 Å². The Labute approximate surface area is 186 Å². The molecule has 0 bridgehead atoms. The number of amides is 1. The summed E-state index contributed by atoms with van der Waals surface area (Å²) in [6.07, 6.45) is 3.50. The molecule has 1 N–H and O–H groups in total. The maximum absolute atomic E-state index is 12.4. The molecule has 29 heavy (non-hydrogen) atoms. The van der Waals surface area contributed by atoms with Gasteiger partial charge in [-0.15, -0.1) is 11.3 Å². The van der Waals surface area contributed by atoms with Gasteiger partial charge in [0.05, 0.1) is 11.7 Å². The van der Waals surface area contributed by atoms with Crippen LogP contribution in [0.25, 0.3) is 11.0 Å². The van der Waals surface area contributed by atoms with Gasteiger partial charge in [0.15, 0.2) is 16.2 Å². The minimum absolute atomic E-state index is 0.278. The van der Waals surface area contributed by atoms with Crippen LogP contribution in [0.15, 0.2) is 35.9 Å². The average molecular weight is 473 g/mol. The first-order chi connectivity index (χ1) is 13.8. The number of thiazole rings is 1. The number of carbonyl (C=O) groups excluding carboxylic acids is 2. The molecule has 0 aliphatic rings. The molecule has 0 unspecified atom stereocenters. The molecule has 0 aliphatic heterocycles. The molecule has 3 rings (SSSR count). The van der Waals surface area contributed by atoms with Crippen molar-refractivity contribution in [2.75, 3.05) is 0 Å². The summed E-state index contributed by atoms with van der Waals surface area (Å²) in [6, 6.07) is 4.63. The standard InChI is InChI=1S/C19H16Cl3N3O3S/c1-10(13-4-3-12(20)9-14(13)21)23-18(27)11(2)28-16(26)6-5-15-17(22)24-19-25(15)7-8-29-19/h3-11H,1-2H3,(H,23,27)/b6-5+/t10-,11+/m1/s1. The van der Waals surface area contributed by atoms with Crippen LogP contribution in [0.2, 0.25) is 15.2 Å². The molecule has 2 aromatic heterocycles. The number of carbonyl (C=O) groups is 2. The Kier molecular flexibility index (Phi) is 6.85. The van der Waals surface area contributed by atoms with E-state index in [0.29, 0.717) is 26.3 Å². The lowest BCUT2D eigenvalue weighted by Crippen LogP contribution is -2.37. The van der Waals surface area contributed by atoms with E-state index in [1.807, 2.05) is 5.38 Å². The van der Waals surface area contributed by atoms with Crippen molar-refractivity contribution in [2.45, 2.75) is 26.0 Å². The van der Waals surface area contributed by atoms with E-state index in [9.17, 15) is 9.59 Å². The molecular formula is C19H16Cl3N3O3S. The van der Waals surface area contributed by atoms with Crippen LogP contribution in [0.4, 0.5) is 0 Å². The number of rotatable bonds is 6. The molecule has 1 amide bonds. The predicted octanol–water partition coefficient (Wildman–Crippen LogP) is 5.18. The minimum atomic E-state index is -0.997. The van der Waals surface area contributed by atoms with Crippen LogP contribution in [-0.4, -0.2) is 27.4 Å². The Bertz CT molecular complexity index is 1090. The number of benzene rings is 1. The lowest BCUT2D eigenvalue weighted by Gasteiger charge is -2.19. The minimum Gasteiger partial charge on any atom is -0.449 e. The summed E-state index contributed by atoms with van der Waals surface area (Å²) in [7, 11) is 0. The molecule has 0 fully saturated rings. The van der Waals surface area contributed by atoms with Gasteiger partial charge in [0.1, 0.15) is 0 Å². The number of imidazole rings is 1. The fourth-order valence-corrected chi connectivity index (χ4v) is 4.18. The molecular weight excluding hydrogens is 457 g/mol. The highest BCUT2D eigenvalue weighted by Gasteiger charge is 2.20. The summed E-state index contributed by atoms with van der Waals surface area (Å²) in [5, 5.41) is 5.84. The first-order valence-electron chi connectivity index (χ1n) is 8.51. The van der Waals surface area contributed by atoms with Crippen molar-refractivity contribution in [2.24, 2.45) is 0 Å². The number of hydrogen-bond acceptors (Lipinski definition) is 5. The Balaban J connectivity index is 1.59. The van der Waals surface area contributed by atoms with E-state index in [1.54, 1.807) is 35.7 Å². The van der Waals surface area contributed by atoms with Crippen LogP contribution in [0.5, 0.6) is 0 Å². The van der Waals surface area contributed by atoms with Gasteiger partial charge in [0.2, 0.25) is 0 Å². The lowest BCUT2D eigenvalue weighted by atomic mass is 10.1. The number of aromatic nitrogens is 2. The largest absolute Gasteiger partial charge is 0.449 e. The summed E-state index contributed by atoms with van der Waals surface area (Å²) in [6.45, 7) is 3.26. The van der Waals surface area contributed by atoms with E-state index in [0.717, 1.165) is 0 Å². The Morgan fingerprint density at radius 3 is 2.76 bits per heavy atom. The van der Waals surface area contributed by atoms with Gasteiger partial charge in [0, 0.05) is 27.7 Å². The molecule has 0 saturated carbocycles. The zero-order valence-corrected chi connectivity index (χ0v) is 18.4. The van der Waals surface area contributed by atoms with Gasteiger partial charge in [-0.25, -0.2) is 9.78 Å². The van der Waals surface area contributed by atoms with Gasteiger partial charge in [0.25, 0.3) is 5.91 Å². The molecule has 1 aromatic carbocycles. The van der Waals surface area contributed by atoms with Crippen molar-refractivity contribution in [3.05, 3.63) is 62.3 Å². The van der Waals surface area contributed by atoms with Gasteiger partial charge in [-0.2, -0.15) is 0 Å². The zero-order chi connectivity index (χ0) is 21.1. The number of halogens is 3. The number of nitrogens with zero attached hydrogens (tertiary/aromatic N) is 2. The van der Waals surface area contributed by atoms with E-state index >= 15 is 0 Å². The summed E-state index contributed by atoms with van der Waals surface area (Å²) >= 11 is 19.5. The Hall–Kier alpha value is -2.06. The van der Waals surface area contributed by atoms with Gasteiger partial charge in [-0.05, 0) is 37.6 Å². The third-order valence-corrected chi connectivity index (χ3v) is 5.68. The molecule has 10 heteroatoms. The van der Waals surface area contributed by atoms with E-state index in [1.165, 1.54) is 30.4 Å². The molecule has 0 aliphatic carbocycles. The van der Waals surface area contributed by atoms with Gasteiger partial charge in [-0.3, -0.25) is 9.20 Å². The summed E-state index contributed by atoms with van der Waals surface area (Å²) in [5.74, 6) is -1.13. The molecule has 2 heterocycles. The normalized spacial score (nSPS) is 13.6. The van der Waals surface area contributed by atoms with E-state index in [-0.39, 0.29) is 11.2 Å². The highest BCUT2D eigenvalue weighted by Crippen LogP contribution is 2.26. The molecule has 0 saturated heterocycles. The molecule has 3 aromatic rings. The second-order valence-electron chi connectivity index (χ2n) is 6.15. The number of esters is 1. The van der Waals surface area contributed by atoms with Crippen molar-refractivity contribution < 1.29 is 14.3 Å². The monoisotopic (exact) mass is 471 g/mol. The highest BCUT2D eigenvalue weighted by molar-refractivity contribution is 7.15. The zero-order valence-electron chi connectivity index (χ0n) is 15.4. The molecule has 0 spiro atoms. The number of nitrogens with one attached hydrogen (secondary N) is 1. The van der Waals surface area contributed by atoms with Crippen molar-refractivity contribution in [1.29, 1.82) is 0 Å². The number of hydrogen-bond donors (Lipinski definition) is 1. The first kappa shape index (κ1) is 21.6. The molecule has 6 nitrogen and oxygen atoms in total. The Morgan fingerprint density at radius 2 is 2.03 bits per heavy atom. The molecule has 2 atom stereocenters. The van der Waals surface area contributed by atoms with Crippen LogP contribution in [0, 0.1) is 0 Å². The third-order valence-electron chi connectivity index (χ3n) is 4.08.